The molecule has 0 aliphatic carbocycles. The van der Waals surface area contributed by atoms with Gasteiger partial charge in [0.1, 0.15) is 18.2 Å². The number of para-hydroxylation sites is 1. The molecule has 1 aliphatic heterocycles. The normalized spacial score (nSPS) is 14.5. The molecule has 32 heavy (non-hydrogen) atoms. The van der Waals surface area contributed by atoms with Gasteiger partial charge in [-0.3, -0.25) is 9.89 Å². The van der Waals surface area contributed by atoms with E-state index in [4.69, 9.17) is 9.47 Å². The smallest absolute Gasteiger partial charge is 0.191 e. The van der Waals surface area contributed by atoms with E-state index in [0.717, 1.165) is 67.7 Å². The molecule has 2 N–H and O–H groups in total. The Kier molecular flexibility index (Phi) is 11.8. The van der Waals surface area contributed by atoms with Crippen molar-refractivity contribution < 1.29 is 13.9 Å². The van der Waals surface area contributed by atoms with Crippen LogP contribution in [0.3, 0.4) is 0 Å². The first kappa shape index (κ1) is 26.3. The molecule has 0 radical (unpaired) electrons. The summed E-state index contributed by atoms with van der Waals surface area (Å²) in [5, 5.41) is 6.67. The van der Waals surface area contributed by atoms with Crippen LogP contribution in [-0.2, 0) is 17.7 Å². The number of nitrogens with one attached hydrogen (secondary N) is 2. The number of nitrogens with zero attached hydrogens (tertiary/aromatic N) is 2. The molecule has 0 unspecified atom stereocenters. The predicted octanol–water partition coefficient (Wildman–Crippen LogP) is 3.37. The van der Waals surface area contributed by atoms with Crippen molar-refractivity contribution in [1.29, 1.82) is 0 Å². The lowest BCUT2D eigenvalue weighted by molar-refractivity contribution is 0.0322. The van der Waals surface area contributed by atoms with E-state index in [9.17, 15) is 4.39 Å². The molecule has 0 aromatic heterocycles. The quantitative estimate of drug-likeness (QED) is 0.282. The third-order valence-corrected chi connectivity index (χ3v) is 5.40. The summed E-state index contributed by atoms with van der Waals surface area (Å²) in [4.78, 5) is 6.66. The van der Waals surface area contributed by atoms with Crippen LogP contribution < -0.4 is 15.4 Å². The molecule has 1 fully saturated rings. The van der Waals surface area contributed by atoms with E-state index in [1.165, 1.54) is 6.07 Å². The Labute approximate surface area is 207 Å². The minimum Gasteiger partial charge on any atom is -0.492 e. The van der Waals surface area contributed by atoms with Crippen LogP contribution >= 0.6 is 24.0 Å². The molecule has 1 saturated heterocycles. The summed E-state index contributed by atoms with van der Waals surface area (Å²) >= 11 is 0. The number of halogens is 2. The number of aliphatic imine (C=N–C) groups is 1. The van der Waals surface area contributed by atoms with Gasteiger partial charge < -0.3 is 20.1 Å². The molecule has 2 aromatic rings. The Balaban J connectivity index is 0.00000363. The first-order valence-electron chi connectivity index (χ1n) is 10.9. The van der Waals surface area contributed by atoms with Crippen LogP contribution in [0, 0.1) is 12.7 Å². The summed E-state index contributed by atoms with van der Waals surface area (Å²) < 4.78 is 24.7. The second-order valence-electron chi connectivity index (χ2n) is 7.58. The maximum atomic E-state index is 13.3. The van der Waals surface area contributed by atoms with Crippen molar-refractivity contribution in [3.8, 4) is 5.75 Å². The maximum Gasteiger partial charge on any atom is 0.191 e. The lowest BCUT2D eigenvalue weighted by Crippen LogP contribution is -2.39. The third kappa shape index (κ3) is 8.55. The topological polar surface area (TPSA) is 58.1 Å². The number of morpholine rings is 1. The molecule has 0 amide bonds. The average Bonchev–Trinajstić information content (AvgIpc) is 2.79. The fourth-order valence-corrected chi connectivity index (χ4v) is 3.56. The van der Waals surface area contributed by atoms with Crippen molar-refractivity contribution in [3.05, 3.63) is 65.0 Å². The summed E-state index contributed by atoms with van der Waals surface area (Å²) in [6.07, 6.45) is 0.800. The van der Waals surface area contributed by atoms with Gasteiger partial charge in [-0.15, -0.1) is 24.0 Å². The molecular formula is C24H34FIN4O2. The molecule has 8 heteroatoms. The maximum absolute atomic E-state index is 13.3. The minimum atomic E-state index is -0.197. The van der Waals surface area contributed by atoms with E-state index in [2.05, 4.69) is 26.6 Å². The molecule has 1 aliphatic rings. The van der Waals surface area contributed by atoms with Gasteiger partial charge in [-0.05, 0) is 42.7 Å². The Morgan fingerprint density at radius 1 is 1.12 bits per heavy atom. The molecule has 6 nitrogen and oxygen atoms in total. The number of ether oxygens (including phenoxy) is 2. The number of hydrogen-bond acceptors (Lipinski definition) is 4. The van der Waals surface area contributed by atoms with E-state index in [1.54, 1.807) is 13.1 Å². The van der Waals surface area contributed by atoms with Crippen molar-refractivity contribution in [1.82, 2.24) is 15.5 Å². The van der Waals surface area contributed by atoms with Gasteiger partial charge in [-0.2, -0.15) is 0 Å². The van der Waals surface area contributed by atoms with Crippen molar-refractivity contribution in [3.63, 3.8) is 0 Å². The minimum absolute atomic E-state index is 0. The third-order valence-electron chi connectivity index (χ3n) is 5.40. The monoisotopic (exact) mass is 556 g/mol. The van der Waals surface area contributed by atoms with Gasteiger partial charge in [-0.25, -0.2) is 4.39 Å². The first-order chi connectivity index (χ1) is 15.2. The van der Waals surface area contributed by atoms with Crippen molar-refractivity contribution in [2.75, 3.05) is 53.0 Å². The van der Waals surface area contributed by atoms with Crippen LogP contribution in [0.5, 0.6) is 5.75 Å². The van der Waals surface area contributed by atoms with Crippen molar-refractivity contribution >= 4 is 29.9 Å². The largest absolute Gasteiger partial charge is 0.492 e. The molecule has 0 spiro atoms. The zero-order valence-electron chi connectivity index (χ0n) is 18.9. The van der Waals surface area contributed by atoms with Crippen LogP contribution in [0.15, 0.2) is 47.5 Å². The Hall–Kier alpha value is -1.91. The molecular weight excluding hydrogens is 522 g/mol. The summed E-state index contributed by atoms with van der Waals surface area (Å²) in [7, 11) is 1.75. The predicted molar refractivity (Wildman–Crippen MR) is 138 cm³/mol. The molecule has 3 rings (SSSR count). The van der Waals surface area contributed by atoms with Gasteiger partial charge >= 0.3 is 0 Å². The summed E-state index contributed by atoms with van der Waals surface area (Å²) in [6.45, 7) is 8.34. The van der Waals surface area contributed by atoms with E-state index in [-0.39, 0.29) is 29.8 Å². The highest BCUT2D eigenvalue weighted by Crippen LogP contribution is 2.18. The van der Waals surface area contributed by atoms with Crippen LogP contribution in [0.1, 0.15) is 16.7 Å². The van der Waals surface area contributed by atoms with Crippen LogP contribution in [0.4, 0.5) is 4.39 Å². The van der Waals surface area contributed by atoms with Gasteiger partial charge in [0.2, 0.25) is 0 Å². The fourth-order valence-electron chi connectivity index (χ4n) is 3.56. The molecule has 176 valence electrons. The van der Waals surface area contributed by atoms with Crippen LogP contribution in [0.25, 0.3) is 0 Å². The SMILES string of the molecule is CN=C(NCCc1ccc(F)cc1C)NCc1ccccc1OCCN1CCOCC1.I. The average molecular weight is 556 g/mol. The number of rotatable bonds is 9. The number of aryl methyl sites for hydroxylation is 1. The molecule has 0 saturated carbocycles. The Morgan fingerprint density at radius 3 is 2.66 bits per heavy atom. The Morgan fingerprint density at radius 2 is 1.91 bits per heavy atom. The lowest BCUT2D eigenvalue weighted by Gasteiger charge is -2.26. The summed E-state index contributed by atoms with van der Waals surface area (Å²) in [5.41, 5.74) is 3.18. The highest BCUT2D eigenvalue weighted by molar-refractivity contribution is 14.0. The Bertz CT molecular complexity index is 860. The highest BCUT2D eigenvalue weighted by Gasteiger charge is 2.11. The van der Waals surface area contributed by atoms with Crippen molar-refractivity contribution in [2.45, 2.75) is 19.9 Å². The number of hydrogen-bond donors (Lipinski definition) is 2. The summed E-state index contributed by atoms with van der Waals surface area (Å²) in [5.74, 6) is 1.42. The zero-order chi connectivity index (χ0) is 21.9. The van der Waals surface area contributed by atoms with Crippen LogP contribution in [0.2, 0.25) is 0 Å². The first-order valence-corrected chi connectivity index (χ1v) is 10.9. The number of benzene rings is 2. The van der Waals surface area contributed by atoms with Gasteiger partial charge in [0.15, 0.2) is 5.96 Å². The second-order valence-corrected chi connectivity index (χ2v) is 7.58. The summed E-state index contributed by atoms with van der Waals surface area (Å²) in [6, 6.07) is 13.0. The van der Waals surface area contributed by atoms with Gasteiger partial charge in [-0.1, -0.05) is 24.3 Å². The second kappa shape index (κ2) is 14.3. The van der Waals surface area contributed by atoms with E-state index >= 15 is 0 Å². The van der Waals surface area contributed by atoms with E-state index in [1.807, 2.05) is 31.2 Å². The van der Waals surface area contributed by atoms with Gasteiger partial charge in [0.05, 0.1) is 13.2 Å². The molecule has 1 heterocycles. The molecule has 0 atom stereocenters. The fraction of sp³-hybridized carbons (Fsp3) is 0.458. The highest BCUT2D eigenvalue weighted by atomic mass is 127. The van der Waals surface area contributed by atoms with Crippen LogP contribution in [-0.4, -0.2) is 63.9 Å². The van der Waals surface area contributed by atoms with Gasteiger partial charge in [0.25, 0.3) is 0 Å². The van der Waals surface area contributed by atoms with E-state index in [0.29, 0.717) is 19.7 Å². The standard InChI is InChI=1S/C24H33FN4O2.HI/c1-19-17-22(25)8-7-20(19)9-10-27-24(26-2)28-18-21-5-3-4-6-23(21)31-16-13-29-11-14-30-15-12-29;/h3-8,17H,9-16,18H2,1-2H3,(H2,26,27,28);1H. The molecule has 2 aromatic carbocycles. The van der Waals surface area contributed by atoms with E-state index < -0.39 is 0 Å². The van der Waals surface area contributed by atoms with Crippen molar-refractivity contribution in [2.24, 2.45) is 4.99 Å². The zero-order valence-corrected chi connectivity index (χ0v) is 21.2. The molecule has 0 bridgehead atoms. The lowest BCUT2D eigenvalue weighted by atomic mass is 10.1. The number of guanidine groups is 1. The van der Waals surface area contributed by atoms with Gasteiger partial charge in [0, 0.05) is 45.3 Å².